The molecule has 1 aromatic heterocycles. The van der Waals surface area contributed by atoms with E-state index in [2.05, 4.69) is 32.7 Å². The summed E-state index contributed by atoms with van der Waals surface area (Å²) in [5, 5.41) is 0. The average Bonchev–Trinajstić information content (AvgIpc) is 3.15. The van der Waals surface area contributed by atoms with Gasteiger partial charge in [0.05, 0.1) is 17.8 Å². The van der Waals surface area contributed by atoms with Crippen molar-refractivity contribution >= 4 is 0 Å². The first kappa shape index (κ1) is 13.8. The molecule has 1 aliphatic carbocycles. The lowest BCUT2D eigenvalue weighted by molar-refractivity contribution is -0.0897. The number of rotatable bonds is 4. The zero-order valence-electron chi connectivity index (χ0n) is 12.7. The third-order valence-corrected chi connectivity index (χ3v) is 4.45. The molecule has 0 aromatic carbocycles. The monoisotopic (exact) mass is 277 g/mol. The summed E-state index contributed by atoms with van der Waals surface area (Å²) in [5.74, 6) is 1.38. The van der Waals surface area contributed by atoms with Crippen LogP contribution >= 0.6 is 0 Å². The molecule has 110 valence electrons. The van der Waals surface area contributed by atoms with Crippen LogP contribution in [0.25, 0.3) is 0 Å². The van der Waals surface area contributed by atoms with Gasteiger partial charge in [-0.15, -0.1) is 0 Å². The Morgan fingerprint density at radius 1 is 1.20 bits per heavy atom. The second-order valence-electron chi connectivity index (χ2n) is 6.77. The smallest absolute Gasteiger partial charge is 0.213 e. The van der Waals surface area contributed by atoms with Crippen molar-refractivity contribution in [3.05, 3.63) is 23.9 Å². The van der Waals surface area contributed by atoms with Crippen molar-refractivity contribution in [3.63, 3.8) is 0 Å². The number of nitrogens with zero attached hydrogens (tertiary/aromatic N) is 1. The maximum atomic E-state index is 6.04. The minimum absolute atomic E-state index is 0.323. The number of aromatic nitrogens is 1. The van der Waals surface area contributed by atoms with Crippen LogP contribution in [0.3, 0.4) is 0 Å². The molecule has 2 aliphatic rings. The van der Waals surface area contributed by atoms with E-state index >= 15 is 0 Å². The van der Waals surface area contributed by atoms with Crippen LogP contribution in [-0.2, 0) is 9.47 Å². The van der Waals surface area contributed by atoms with Crippen molar-refractivity contribution in [2.45, 2.75) is 58.0 Å². The molecule has 0 bridgehead atoms. The third kappa shape index (κ3) is 2.67. The molecule has 20 heavy (non-hydrogen) atoms. The van der Waals surface area contributed by atoms with Gasteiger partial charge in [-0.1, -0.05) is 0 Å². The fourth-order valence-electron chi connectivity index (χ4n) is 2.12. The fourth-order valence-corrected chi connectivity index (χ4v) is 2.12. The molecule has 2 heterocycles. The molecule has 1 saturated heterocycles. The van der Waals surface area contributed by atoms with Crippen molar-refractivity contribution in [1.82, 2.24) is 4.98 Å². The molecule has 1 aliphatic heterocycles. The third-order valence-electron chi connectivity index (χ3n) is 4.45. The zero-order valence-corrected chi connectivity index (χ0v) is 12.7. The maximum absolute atomic E-state index is 6.04. The largest absolute Gasteiger partial charge is 0.477 e. The Labute approximate surface area is 120 Å². The molecule has 0 spiro atoms. The lowest BCUT2D eigenvalue weighted by atomic mass is 9.90. The van der Waals surface area contributed by atoms with Crippen LogP contribution in [0.1, 0.15) is 52.4 Å². The highest BCUT2D eigenvalue weighted by molar-refractivity contribution is 5.23. The lowest BCUT2D eigenvalue weighted by Gasteiger charge is -2.30. The van der Waals surface area contributed by atoms with Gasteiger partial charge in [0.15, 0.2) is 6.29 Å². The molecule has 0 atom stereocenters. The molecule has 2 fully saturated rings. The molecule has 3 rings (SSSR count). The normalized spacial score (nSPS) is 24.8. The molecule has 0 N–H and O–H groups in total. The van der Waals surface area contributed by atoms with E-state index in [9.17, 15) is 0 Å². The molecule has 4 heteroatoms. The van der Waals surface area contributed by atoms with Gasteiger partial charge in [-0.3, -0.25) is 0 Å². The van der Waals surface area contributed by atoms with Gasteiger partial charge in [0, 0.05) is 17.8 Å². The summed E-state index contributed by atoms with van der Waals surface area (Å²) < 4.78 is 17.8. The molecule has 1 aromatic rings. The Bertz CT molecular complexity index is 478. The summed E-state index contributed by atoms with van der Waals surface area (Å²) in [5.41, 5.74) is 0.316. The van der Waals surface area contributed by atoms with Crippen LogP contribution in [0.5, 0.6) is 5.88 Å². The van der Waals surface area contributed by atoms with E-state index in [1.54, 1.807) is 6.20 Å². The van der Waals surface area contributed by atoms with Crippen LogP contribution in [0.4, 0.5) is 0 Å². The molecule has 1 saturated carbocycles. The zero-order chi connectivity index (χ0) is 14.4. The summed E-state index contributed by atoms with van der Waals surface area (Å²) >= 11 is 0. The molecule has 4 nitrogen and oxygen atoms in total. The van der Waals surface area contributed by atoms with Gasteiger partial charge in [0.25, 0.3) is 0 Å². The van der Waals surface area contributed by atoms with E-state index in [1.165, 1.54) is 12.8 Å². The molecule has 0 unspecified atom stereocenters. The van der Waals surface area contributed by atoms with Crippen molar-refractivity contribution in [2.24, 2.45) is 5.92 Å². The van der Waals surface area contributed by atoms with Gasteiger partial charge in [-0.05, 0) is 52.5 Å². The Kier molecular flexibility index (Phi) is 3.26. The van der Waals surface area contributed by atoms with Gasteiger partial charge < -0.3 is 14.2 Å². The van der Waals surface area contributed by atoms with E-state index in [0.29, 0.717) is 5.88 Å². The van der Waals surface area contributed by atoms with Crippen LogP contribution in [0.15, 0.2) is 18.3 Å². The summed E-state index contributed by atoms with van der Waals surface area (Å²) in [6, 6.07) is 3.84. The van der Waals surface area contributed by atoms with Crippen molar-refractivity contribution < 1.29 is 14.2 Å². The highest BCUT2D eigenvalue weighted by Crippen LogP contribution is 2.44. The molecular formula is C16H23NO3. The molecule has 0 amide bonds. The average molecular weight is 277 g/mol. The standard InChI is InChI=1S/C16H23NO3/c1-15(2)16(3,4)20-14(19-15)12-7-8-17-13(9-12)18-10-11-5-6-11/h7-9,11,14H,5-6,10H2,1-4H3. The van der Waals surface area contributed by atoms with Crippen molar-refractivity contribution in [1.29, 1.82) is 0 Å². The van der Waals surface area contributed by atoms with Crippen LogP contribution < -0.4 is 4.74 Å². The molecular weight excluding hydrogens is 254 g/mol. The highest BCUT2D eigenvalue weighted by atomic mass is 16.7. The van der Waals surface area contributed by atoms with Crippen LogP contribution in [0.2, 0.25) is 0 Å². The topological polar surface area (TPSA) is 40.6 Å². The second-order valence-corrected chi connectivity index (χ2v) is 6.77. The lowest BCUT2D eigenvalue weighted by Crippen LogP contribution is -2.41. The van der Waals surface area contributed by atoms with E-state index in [-0.39, 0.29) is 17.5 Å². The summed E-state index contributed by atoms with van der Waals surface area (Å²) in [6.45, 7) is 8.98. The minimum atomic E-state index is -0.355. The summed E-state index contributed by atoms with van der Waals surface area (Å²) in [6.07, 6.45) is 3.95. The first-order valence-electron chi connectivity index (χ1n) is 7.32. The van der Waals surface area contributed by atoms with Crippen LogP contribution in [0, 0.1) is 5.92 Å². The van der Waals surface area contributed by atoms with Gasteiger partial charge in [0.2, 0.25) is 5.88 Å². The number of hydrogen-bond donors (Lipinski definition) is 0. The number of pyridine rings is 1. The number of ether oxygens (including phenoxy) is 3. The molecule has 0 radical (unpaired) electrons. The summed E-state index contributed by atoms with van der Waals surface area (Å²) in [7, 11) is 0. The first-order chi connectivity index (χ1) is 9.37. The predicted octanol–water partition coefficient (Wildman–Crippen LogP) is 3.47. The van der Waals surface area contributed by atoms with E-state index in [4.69, 9.17) is 14.2 Å². The van der Waals surface area contributed by atoms with Gasteiger partial charge >= 0.3 is 0 Å². The Morgan fingerprint density at radius 2 is 1.85 bits per heavy atom. The van der Waals surface area contributed by atoms with E-state index < -0.39 is 0 Å². The Balaban J connectivity index is 1.72. The highest BCUT2D eigenvalue weighted by Gasteiger charge is 2.49. The Hall–Kier alpha value is -1.13. The van der Waals surface area contributed by atoms with Crippen molar-refractivity contribution in [3.8, 4) is 5.88 Å². The van der Waals surface area contributed by atoms with Gasteiger partial charge in [-0.2, -0.15) is 0 Å². The first-order valence-corrected chi connectivity index (χ1v) is 7.32. The second kappa shape index (κ2) is 4.71. The maximum Gasteiger partial charge on any atom is 0.213 e. The predicted molar refractivity (Wildman–Crippen MR) is 75.5 cm³/mol. The summed E-state index contributed by atoms with van der Waals surface area (Å²) in [4.78, 5) is 4.25. The minimum Gasteiger partial charge on any atom is -0.477 e. The SMILES string of the molecule is CC1(C)OC(c2ccnc(OCC3CC3)c2)OC1(C)C. The van der Waals surface area contributed by atoms with Gasteiger partial charge in [-0.25, -0.2) is 4.98 Å². The van der Waals surface area contributed by atoms with Crippen molar-refractivity contribution in [2.75, 3.05) is 6.61 Å². The van der Waals surface area contributed by atoms with E-state index in [0.717, 1.165) is 18.1 Å². The number of hydrogen-bond acceptors (Lipinski definition) is 4. The Morgan fingerprint density at radius 3 is 2.45 bits per heavy atom. The quantitative estimate of drug-likeness (QED) is 0.845. The van der Waals surface area contributed by atoms with Crippen LogP contribution in [-0.4, -0.2) is 22.8 Å². The van der Waals surface area contributed by atoms with Gasteiger partial charge in [0.1, 0.15) is 0 Å². The van der Waals surface area contributed by atoms with E-state index in [1.807, 2.05) is 12.1 Å². The fraction of sp³-hybridized carbons (Fsp3) is 0.688.